The lowest BCUT2D eigenvalue weighted by Crippen LogP contribution is -2.29. The molecule has 3 rings (SSSR count). The van der Waals surface area contributed by atoms with Crippen molar-refractivity contribution in [3.63, 3.8) is 0 Å². The number of hydrogen-bond donors (Lipinski definition) is 0. The number of alkyl halides is 4. The van der Waals surface area contributed by atoms with Crippen molar-refractivity contribution in [1.82, 2.24) is 4.90 Å². The lowest BCUT2D eigenvalue weighted by atomic mass is 10.0. The number of benzene rings is 2. The van der Waals surface area contributed by atoms with Crippen molar-refractivity contribution < 1.29 is 36.6 Å². The summed E-state index contributed by atoms with van der Waals surface area (Å²) >= 11 is 6.19. The predicted octanol–water partition coefficient (Wildman–Crippen LogP) is 4.82. The van der Waals surface area contributed by atoms with E-state index < -0.39 is 23.6 Å². The van der Waals surface area contributed by atoms with Crippen molar-refractivity contribution in [2.75, 3.05) is 14.2 Å². The van der Waals surface area contributed by atoms with Crippen LogP contribution in [0, 0.1) is 5.82 Å². The molecule has 1 heterocycles. The van der Waals surface area contributed by atoms with Crippen LogP contribution in [0.1, 0.15) is 23.6 Å². The first kappa shape index (κ1) is 22.0. The maximum atomic E-state index is 14.3. The molecule has 2 aromatic carbocycles. The highest BCUT2D eigenvalue weighted by molar-refractivity contribution is 6.31. The van der Waals surface area contributed by atoms with Crippen LogP contribution < -0.4 is 14.2 Å². The SMILES string of the molecule is COc1ccc(F)c(OC)c1[C@@H]1CC(Cl)C(=O)N1Cc1ccc(OC(F)(F)F)cc1. The number of ether oxygens (including phenoxy) is 3. The van der Waals surface area contributed by atoms with Gasteiger partial charge in [-0.25, -0.2) is 4.39 Å². The maximum Gasteiger partial charge on any atom is 0.573 e. The molecule has 0 spiro atoms. The summed E-state index contributed by atoms with van der Waals surface area (Å²) in [5, 5.41) is -0.847. The van der Waals surface area contributed by atoms with Crippen molar-refractivity contribution in [3.8, 4) is 17.2 Å². The molecule has 1 fully saturated rings. The minimum Gasteiger partial charge on any atom is -0.496 e. The number of nitrogens with zero attached hydrogens (tertiary/aromatic N) is 1. The number of carbonyl (C=O) groups excluding carboxylic acids is 1. The van der Waals surface area contributed by atoms with E-state index in [0.29, 0.717) is 16.9 Å². The minimum atomic E-state index is -4.80. The molecule has 0 saturated carbocycles. The van der Waals surface area contributed by atoms with Crippen LogP contribution in [0.3, 0.4) is 0 Å². The van der Waals surface area contributed by atoms with Gasteiger partial charge in [0, 0.05) is 6.54 Å². The molecule has 0 aliphatic carbocycles. The largest absolute Gasteiger partial charge is 0.573 e. The molecule has 1 saturated heterocycles. The molecule has 1 amide bonds. The van der Waals surface area contributed by atoms with E-state index in [1.807, 2.05) is 0 Å². The number of amides is 1. The summed E-state index contributed by atoms with van der Waals surface area (Å²) in [6.07, 6.45) is -4.61. The average molecular weight is 448 g/mol. The number of carbonyl (C=O) groups is 1. The second-order valence-electron chi connectivity index (χ2n) is 6.57. The summed E-state index contributed by atoms with van der Waals surface area (Å²) in [6.45, 7) is 0.0435. The Morgan fingerprint density at radius 1 is 1.10 bits per heavy atom. The lowest BCUT2D eigenvalue weighted by molar-refractivity contribution is -0.274. The van der Waals surface area contributed by atoms with Gasteiger partial charge < -0.3 is 19.1 Å². The highest BCUT2D eigenvalue weighted by atomic mass is 35.5. The molecule has 2 aromatic rings. The van der Waals surface area contributed by atoms with Gasteiger partial charge in [-0.1, -0.05) is 12.1 Å². The fourth-order valence-electron chi connectivity index (χ4n) is 3.47. The molecule has 162 valence electrons. The van der Waals surface area contributed by atoms with Crippen LogP contribution in [-0.2, 0) is 11.3 Å². The van der Waals surface area contributed by atoms with Crippen LogP contribution in [0.25, 0.3) is 0 Å². The van der Waals surface area contributed by atoms with Gasteiger partial charge in [0.05, 0.1) is 25.8 Å². The molecule has 1 unspecified atom stereocenters. The van der Waals surface area contributed by atoms with Gasteiger partial charge in [-0.2, -0.15) is 0 Å². The Balaban J connectivity index is 1.92. The molecule has 0 N–H and O–H groups in total. The summed E-state index contributed by atoms with van der Waals surface area (Å²) in [4.78, 5) is 14.1. The number of hydrogen-bond acceptors (Lipinski definition) is 4. The zero-order valence-corrected chi connectivity index (χ0v) is 16.8. The smallest absolute Gasteiger partial charge is 0.496 e. The Morgan fingerprint density at radius 2 is 1.77 bits per heavy atom. The quantitative estimate of drug-likeness (QED) is 0.470. The number of halogens is 5. The molecule has 30 heavy (non-hydrogen) atoms. The molecule has 5 nitrogen and oxygen atoms in total. The van der Waals surface area contributed by atoms with E-state index in [4.69, 9.17) is 21.1 Å². The van der Waals surface area contributed by atoms with E-state index in [1.165, 1.54) is 43.4 Å². The molecular formula is C20H18ClF4NO4. The van der Waals surface area contributed by atoms with Crippen molar-refractivity contribution >= 4 is 17.5 Å². The van der Waals surface area contributed by atoms with Gasteiger partial charge in [-0.05, 0) is 36.2 Å². The fraction of sp³-hybridized carbons (Fsp3) is 0.350. The van der Waals surface area contributed by atoms with E-state index in [0.717, 1.165) is 12.1 Å². The molecule has 0 aromatic heterocycles. The first-order valence-electron chi connectivity index (χ1n) is 8.84. The molecule has 1 aliphatic heterocycles. The zero-order valence-electron chi connectivity index (χ0n) is 16.0. The highest BCUT2D eigenvalue weighted by Gasteiger charge is 2.42. The second kappa shape index (κ2) is 8.59. The molecule has 2 atom stereocenters. The van der Waals surface area contributed by atoms with Crippen LogP contribution in [0.5, 0.6) is 17.2 Å². The van der Waals surface area contributed by atoms with Gasteiger partial charge in [0.15, 0.2) is 11.6 Å². The Bertz CT molecular complexity index is 920. The average Bonchev–Trinajstić information content (AvgIpc) is 2.96. The molecule has 1 aliphatic rings. The third-order valence-electron chi connectivity index (χ3n) is 4.73. The fourth-order valence-corrected chi connectivity index (χ4v) is 3.76. The number of likely N-dealkylation sites (tertiary alicyclic amines) is 1. The first-order chi connectivity index (χ1) is 14.1. The summed E-state index contributed by atoms with van der Waals surface area (Å²) in [6, 6.07) is 7.10. The van der Waals surface area contributed by atoms with E-state index in [2.05, 4.69) is 4.74 Å². The standard InChI is InChI=1S/C20H18ClF4NO4/c1-28-16-8-7-14(22)18(29-2)17(16)15-9-13(21)19(27)26(15)10-11-3-5-12(6-4-11)30-20(23,24)25/h3-8,13,15H,9-10H2,1-2H3/t13?,15-/m0/s1. The van der Waals surface area contributed by atoms with Crippen LogP contribution in [0.2, 0.25) is 0 Å². The van der Waals surface area contributed by atoms with Gasteiger partial charge in [-0.15, -0.1) is 24.8 Å². The monoisotopic (exact) mass is 447 g/mol. The van der Waals surface area contributed by atoms with Crippen LogP contribution >= 0.6 is 11.6 Å². The Labute approximate surface area is 175 Å². The van der Waals surface area contributed by atoms with E-state index in [1.54, 1.807) is 0 Å². The van der Waals surface area contributed by atoms with Crippen LogP contribution in [-0.4, -0.2) is 36.8 Å². The van der Waals surface area contributed by atoms with Gasteiger partial charge >= 0.3 is 6.36 Å². The van der Waals surface area contributed by atoms with Gasteiger partial charge in [0.1, 0.15) is 16.9 Å². The lowest BCUT2D eigenvalue weighted by Gasteiger charge is -2.28. The van der Waals surface area contributed by atoms with Crippen LogP contribution in [0.15, 0.2) is 36.4 Å². The minimum absolute atomic E-state index is 0.0435. The summed E-state index contributed by atoms with van der Waals surface area (Å²) in [7, 11) is 2.72. The van der Waals surface area contributed by atoms with Gasteiger partial charge in [-0.3, -0.25) is 4.79 Å². The van der Waals surface area contributed by atoms with Crippen molar-refractivity contribution in [3.05, 3.63) is 53.3 Å². The predicted molar refractivity (Wildman–Crippen MR) is 100 cm³/mol. The van der Waals surface area contributed by atoms with Crippen molar-refractivity contribution in [2.45, 2.75) is 30.7 Å². The summed E-state index contributed by atoms with van der Waals surface area (Å²) in [5.41, 5.74) is 0.886. The maximum absolute atomic E-state index is 14.3. The Kier molecular flexibility index (Phi) is 6.30. The molecule has 0 bridgehead atoms. The molecule has 10 heteroatoms. The van der Waals surface area contributed by atoms with Crippen molar-refractivity contribution in [1.29, 1.82) is 0 Å². The van der Waals surface area contributed by atoms with Gasteiger partial charge in [0.25, 0.3) is 0 Å². The van der Waals surface area contributed by atoms with E-state index in [9.17, 15) is 22.4 Å². The third kappa shape index (κ3) is 4.56. The van der Waals surface area contributed by atoms with Crippen LogP contribution in [0.4, 0.5) is 17.6 Å². The second-order valence-corrected chi connectivity index (χ2v) is 7.10. The Hall–Kier alpha value is -2.68. The molecule has 0 radical (unpaired) electrons. The summed E-state index contributed by atoms with van der Waals surface area (Å²) in [5.74, 6) is -1.11. The number of methoxy groups -OCH3 is 2. The van der Waals surface area contributed by atoms with Gasteiger partial charge in [0.2, 0.25) is 5.91 Å². The third-order valence-corrected chi connectivity index (χ3v) is 5.10. The highest BCUT2D eigenvalue weighted by Crippen LogP contribution is 2.45. The first-order valence-corrected chi connectivity index (χ1v) is 9.28. The normalized spacial score (nSPS) is 19.2. The van der Waals surface area contributed by atoms with E-state index >= 15 is 0 Å². The Morgan fingerprint density at radius 3 is 2.33 bits per heavy atom. The zero-order chi connectivity index (χ0) is 22.1. The van der Waals surface area contributed by atoms with Crippen molar-refractivity contribution in [2.24, 2.45) is 0 Å². The van der Waals surface area contributed by atoms with E-state index in [-0.39, 0.29) is 30.4 Å². The molecular weight excluding hydrogens is 430 g/mol. The topological polar surface area (TPSA) is 48.0 Å². The summed E-state index contributed by atoms with van der Waals surface area (Å²) < 4.78 is 65.7. The number of rotatable bonds is 6.